The molecule has 0 atom stereocenters. The summed E-state index contributed by atoms with van der Waals surface area (Å²) in [5.74, 6) is 1.49. The Kier molecular flexibility index (Phi) is 4.40. The lowest BCUT2D eigenvalue weighted by molar-refractivity contribution is -0.384. The molecule has 104 valence electrons. The average molecular weight is 262 g/mol. The number of hydrogen-bond donors (Lipinski definition) is 1. The molecule has 0 amide bonds. The van der Waals surface area contributed by atoms with Crippen molar-refractivity contribution < 1.29 is 4.92 Å². The first-order valence-electron chi connectivity index (χ1n) is 7.05. The number of rotatable bonds is 4. The fourth-order valence-corrected chi connectivity index (χ4v) is 2.74. The molecule has 1 fully saturated rings. The van der Waals surface area contributed by atoms with Gasteiger partial charge in [0.2, 0.25) is 0 Å². The van der Waals surface area contributed by atoms with Crippen LogP contribution in [0.4, 0.5) is 11.4 Å². The summed E-state index contributed by atoms with van der Waals surface area (Å²) in [5, 5.41) is 14.3. The first kappa shape index (κ1) is 13.8. The molecular formula is C15H22N2O2. The Morgan fingerprint density at radius 3 is 2.63 bits per heavy atom. The molecule has 0 spiro atoms. The molecule has 0 heterocycles. The number of anilines is 1. The normalized spacial score (nSPS) is 23.1. The van der Waals surface area contributed by atoms with E-state index in [9.17, 15) is 10.1 Å². The van der Waals surface area contributed by atoms with Gasteiger partial charge in [-0.15, -0.1) is 0 Å². The lowest BCUT2D eigenvalue weighted by Crippen LogP contribution is -2.20. The van der Waals surface area contributed by atoms with Crippen molar-refractivity contribution in [1.82, 2.24) is 0 Å². The summed E-state index contributed by atoms with van der Waals surface area (Å²) in [7, 11) is 0. The lowest BCUT2D eigenvalue weighted by Gasteiger charge is -2.26. The molecule has 1 saturated carbocycles. The molecule has 19 heavy (non-hydrogen) atoms. The first-order valence-corrected chi connectivity index (χ1v) is 7.05. The van der Waals surface area contributed by atoms with Gasteiger partial charge < -0.3 is 5.32 Å². The highest BCUT2D eigenvalue weighted by Crippen LogP contribution is 2.30. The number of benzene rings is 1. The zero-order valence-corrected chi connectivity index (χ0v) is 11.7. The minimum atomic E-state index is -0.315. The molecule has 1 aromatic carbocycles. The zero-order chi connectivity index (χ0) is 13.8. The van der Waals surface area contributed by atoms with Crippen LogP contribution in [0.15, 0.2) is 18.2 Å². The second-order valence-corrected chi connectivity index (χ2v) is 5.78. The number of hydrogen-bond acceptors (Lipinski definition) is 3. The highest BCUT2D eigenvalue weighted by Gasteiger charge is 2.19. The predicted molar refractivity (Wildman–Crippen MR) is 77.4 cm³/mol. The van der Waals surface area contributed by atoms with Gasteiger partial charge in [-0.05, 0) is 43.2 Å². The molecule has 0 saturated heterocycles. The molecular weight excluding hydrogens is 240 g/mol. The van der Waals surface area contributed by atoms with Gasteiger partial charge in [0.25, 0.3) is 5.69 Å². The van der Waals surface area contributed by atoms with Crippen molar-refractivity contribution in [2.45, 2.75) is 39.5 Å². The second kappa shape index (κ2) is 6.04. The highest BCUT2D eigenvalue weighted by molar-refractivity contribution is 5.62. The second-order valence-electron chi connectivity index (χ2n) is 5.78. The highest BCUT2D eigenvalue weighted by atomic mass is 16.6. The molecule has 1 aromatic rings. The van der Waals surface area contributed by atoms with Gasteiger partial charge in [0.05, 0.1) is 4.92 Å². The Bertz CT molecular complexity index is 451. The molecule has 0 radical (unpaired) electrons. The molecule has 0 aromatic heterocycles. The van der Waals surface area contributed by atoms with Crippen LogP contribution in [0.1, 0.15) is 38.2 Å². The van der Waals surface area contributed by atoms with Gasteiger partial charge in [-0.3, -0.25) is 10.1 Å². The summed E-state index contributed by atoms with van der Waals surface area (Å²) in [5.41, 5.74) is 1.88. The third kappa shape index (κ3) is 3.69. The van der Waals surface area contributed by atoms with Crippen molar-refractivity contribution in [2.24, 2.45) is 11.8 Å². The van der Waals surface area contributed by atoms with Gasteiger partial charge in [-0.2, -0.15) is 0 Å². The van der Waals surface area contributed by atoms with Crippen molar-refractivity contribution in [3.05, 3.63) is 33.9 Å². The van der Waals surface area contributed by atoms with Crippen LogP contribution in [0, 0.1) is 28.9 Å². The van der Waals surface area contributed by atoms with Crippen molar-refractivity contribution in [1.29, 1.82) is 0 Å². The third-order valence-corrected chi connectivity index (χ3v) is 4.07. The predicted octanol–water partition coefficient (Wildman–Crippen LogP) is 4.14. The number of nitro groups is 1. The van der Waals surface area contributed by atoms with Gasteiger partial charge in [0.1, 0.15) is 5.69 Å². The maximum Gasteiger partial charge on any atom is 0.292 e. The number of nitro benzene ring substituents is 1. The minimum absolute atomic E-state index is 0.176. The van der Waals surface area contributed by atoms with E-state index in [1.165, 1.54) is 25.7 Å². The van der Waals surface area contributed by atoms with E-state index in [4.69, 9.17) is 0 Å². The molecule has 4 heteroatoms. The van der Waals surface area contributed by atoms with Gasteiger partial charge in [0, 0.05) is 12.6 Å². The van der Waals surface area contributed by atoms with Crippen molar-refractivity contribution >= 4 is 11.4 Å². The monoisotopic (exact) mass is 262 g/mol. The van der Waals surface area contributed by atoms with Crippen molar-refractivity contribution in [3.63, 3.8) is 0 Å². The van der Waals surface area contributed by atoms with E-state index >= 15 is 0 Å². The average Bonchev–Trinajstić information content (AvgIpc) is 2.38. The molecule has 1 N–H and O–H groups in total. The molecule has 0 bridgehead atoms. The van der Waals surface area contributed by atoms with E-state index in [-0.39, 0.29) is 10.6 Å². The quantitative estimate of drug-likeness (QED) is 0.655. The summed E-state index contributed by atoms with van der Waals surface area (Å²) < 4.78 is 0. The maximum absolute atomic E-state index is 11.0. The van der Waals surface area contributed by atoms with E-state index < -0.39 is 0 Å². The summed E-state index contributed by atoms with van der Waals surface area (Å²) in [4.78, 5) is 10.7. The van der Waals surface area contributed by atoms with Crippen LogP contribution in [0.2, 0.25) is 0 Å². The largest absolute Gasteiger partial charge is 0.379 e. The van der Waals surface area contributed by atoms with Crippen LogP contribution in [0.3, 0.4) is 0 Å². The summed E-state index contributed by atoms with van der Waals surface area (Å²) in [6.45, 7) is 5.10. The zero-order valence-electron chi connectivity index (χ0n) is 11.7. The number of nitrogens with zero attached hydrogens (tertiary/aromatic N) is 1. The van der Waals surface area contributed by atoms with Crippen LogP contribution in [0.25, 0.3) is 0 Å². The van der Waals surface area contributed by atoms with Gasteiger partial charge in [-0.25, -0.2) is 0 Å². The Labute approximate surface area is 114 Å². The van der Waals surface area contributed by atoms with Crippen molar-refractivity contribution in [2.75, 3.05) is 11.9 Å². The molecule has 1 aliphatic carbocycles. The third-order valence-electron chi connectivity index (χ3n) is 4.07. The standard InChI is InChI=1S/C15H22N2O2/c1-11-3-6-13(7-4-11)10-16-14-9-12(2)5-8-15(14)17(18)19/h5,8-9,11,13,16H,3-4,6-7,10H2,1-2H3. The van der Waals surface area contributed by atoms with Crippen LogP contribution >= 0.6 is 0 Å². The lowest BCUT2D eigenvalue weighted by atomic mass is 9.83. The summed E-state index contributed by atoms with van der Waals surface area (Å²) >= 11 is 0. The smallest absolute Gasteiger partial charge is 0.292 e. The fraction of sp³-hybridized carbons (Fsp3) is 0.600. The van der Waals surface area contributed by atoms with E-state index in [0.29, 0.717) is 11.6 Å². The molecule has 2 rings (SSSR count). The van der Waals surface area contributed by atoms with Crippen LogP contribution in [-0.4, -0.2) is 11.5 Å². The minimum Gasteiger partial charge on any atom is -0.379 e. The summed E-state index contributed by atoms with van der Waals surface area (Å²) in [6.07, 6.45) is 5.02. The van der Waals surface area contributed by atoms with Crippen LogP contribution in [-0.2, 0) is 0 Å². The Morgan fingerprint density at radius 1 is 1.32 bits per heavy atom. The SMILES string of the molecule is Cc1ccc([N+](=O)[O-])c(NCC2CCC(C)CC2)c1. The first-order chi connectivity index (χ1) is 9.06. The van der Waals surface area contributed by atoms with Gasteiger partial charge >= 0.3 is 0 Å². The number of nitrogens with one attached hydrogen (secondary N) is 1. The summed E-state index contributed by atoms with van der Waals surface area (Å²) in [6, 6.07) is 5.23. The molecule has 4 nitrogen and oxygen atoms in total. The molecule has 0 aliphatic heterocycles. The van der Waals surface area contributed by atoms with E-state index in [0.717, 1.165) is 18.0 Å². The Hall–Kier alpha value is -1.58. The van der Waals surface area contributed by atoms with E-state index in [1.54, 1.807) is 12.1 Å². The topological polar surface area (TPSA) is 55.2 Å². The van der Waals surface area contributed by atoms with Gasteiger partial charge in [-0.1, -0.05) is 25.8 Å². The fourth-order valence-electron chi connectivity index (χ4n) is 2.74. The Balaban J connectivity index is 1.98. The molecule has 1 aliphatic rings. The van der Waals surface area contributed by atoms with Gasteiger partial charge in [0.15, 0.2) is 0 Å². The van der Waals surface area contributed by atoms with Crippen LogP contribution < -0.4 is 5.32 Å². The van der Waals surface area contributed by atoms with E-state index in [1.807, 2.05) is 13.0 Å². The van der Waals surface area contributed by atoms with Crippen molar-refractivity contribution in [3.8, 4) is 0 Å². The number of aryl methyl sites for hydroxylation is 1. The Morgan fingerprint density at radius 2 is 2.00 bits per heavy atom. The van der Waals surface area contributed by atoms with Crippen LogP contribution in [0.5, 0.6) is 0 Å². The molecule has 0 unspecified atom stereocenters. The maximum atomic E-state index is 11.0. The van der Waals surface area contributed by atoms with E-state index in [2.05, 4.69) is 12.2 Å².